The maximum absolute atomic E-state index is 11.9. The predicted octanol–water partition coefficient (Wildman–Crippen LogP) is 3.50. The smallest absolute Gasteiger partial charge is 0.277 e. The van der Waals surface area contributed by atoms with Gasteiger partial charge in [-0.15, -0.1) is 0 Å². The molecule has 138 valence electrons. The Morgan fingerprint density at radius 3 is 2.42 bits per heavy atom. The number of nitrogens with zero attached hydrogens (tertiary/aromatic N) is 1. The first-order valence-corrected chi connectivity index (χ1v) is 8.26. The Bertz CT molecular complexity index is 798. The average molecular weight is 377 g/mol. The van der Waals surface area contributed by atoms with Crippen LogP contribution in [0.5, 0.6) is 17.2 Å². The number of benzene rings is 2. The van der Waals surface area contributed by atoms with Crippen LogP contribution < -0.4 is 19.6 Å². The van der Waals surface area contributed by atoms with Crippen molar-refractivity contribution in [2.24, 2.45) is 5.10 Å². The van der Waals surface area contributed by atoms with Gasteiger partial charge >= 0.3 is 0 Å². The lowest BCUT2D eigenvalue weighted by molar-refractivity contribution is -0.123. The normalized spacial score (nSPS) is 10.7. The van der Waals surface area contributed by atoms with Crippen molar-refractivity contribution >= 4 is 23.7 Å². The number of amides is 1. The summed E-state index contributed by atoms with van der Waals surface area (Å²) in [6, 6.07) is 8.86. The summed E-state index contributed by atoms with van der Waals surface area (Å²) >= 11 is 6.11. The molecule has 7 heteroatoms. The van der Waals surface area contributed by atoms with Crippen LogP contribution in [-0.4, -0.2) is 32.9 Å². The number of hydrogen-bond acceptors (Lipinski definition) is 5. The fourth-order valence-corrected chi connectivity index (χ4v) is 2.39. The molecule has 2 rings (SSSR count). The fourth-order valence-electron chi connectivity index (χ4n) is 2.28. The van der Waals surface area contributed by atoms with Crippen LogP contribution in [0.4, 0.5) is 0 Å². The Hall–Kier alpha value is -2.73. The van der Waals surface area contributed by atoms with Crippen molar-refractivity contribution in [2.75, 3.05) is 20.8 Å². The summed E-state index contributed by atoms with van der Waals surface area (Å²) in [7, 11) is 3.13. The van der Waals surface area contributed by atoms with Gasteiger partial charge in [0, 0.05) is 10.6 Å². The zero-order chi connectivity index (χ0) is 19.1. The average Bonchev–Trinajstić information content (AvgIpc) is 2.64. The number of ether oxygens (including phenoxy) is 3. The minimum Gasteiger partial charge on any atom is -0.497 e. The molecule has 2 aromatic rings. The highest BCUT2D eigenvalue weighted by atomic mass is 35.5. The van der Waals surface area contributed by atoms with Crippen molar-refractivity contribution in [2.45, 2.75) is 13.8 Å². The minimum atomic E-state index is -0.381. The van der Waals surface area contributed by atoms with Crippen molar-refractivity contribution in [1.29, 1.82) is 0 Å². The number of hydrogen-bond donors (Lipinski definition) is 1. The van der Waals surface area contributed by atoms with Gasteiger partial charge in [0.05, 0.1) is 20.4 Å². The summed E-state index contributed by atoms with van der Waals surface area (Å²) in [5.74, 6) is 1.48. The third-order valence-corrected chi connectivity index (χ3v) is 4.21. The van der Waals surface area contributed by atoms with E-state index in [1.165, 1.54) is 6.21 Å². The van der Waals surface area contributed by atoms with E-state index in [0.717, 1.165) is 11.1 Å². The molecule has 0 saturated heterocycles. The van der Waals surface area contributed by atoms with Crippen LogP contribution in [0.25, 0.3) is 0 Å². The monoisotopic (exact) mass is 376 g/mol. The molecule has 0 unspecified atom stereocenters. The van der Waals surface area contributed by atoms with Gasteiger partial charge in [0.25, 0.3) is 5.91 Å². The number of nitrogens with one attached hydrogen (secondary N) is 1. The van der Waals surface area contributed by atoms with Crippen LogP contribution >= 0.6 is 11.6 Å². The number of halogens is 1. The Morgan fingerprint density at radius 1 is 1.12 bits per heavy atom. The molecule has 1 amide bonds. The van der Waals surface area contributed by atoms with Crippen LogP contribution in [0.15, 0.2) is 35.4 Å². The topological polar surface area (TPSA) is 69.2 Å². The number of hydrazone groups is 1. The molecule has 0 aliphatic heterocycles. The summed E-state index contributed by atoms with van der Waals surface area (Å²) in [6.45, 7) is 3.61. The highest BCUT2D eigenvalue weighted by Gasteiger charge is 2.07. The number of rotatable bonds is 7. The molecule has 2 aromatic carbocycles. The number of carbonyl (C=O) groups excluding carboxylic acids is 1. The molecule has 0 aliphatic carbocycles. The lowest BCUT2D eigenvalue weighted by Crippen LogP contribution is -2.24. The molecule has 0 saturated carbocycles. The Morgan fingerprint density at radius 2 is 1.81 bits per heavy atom. The second-order valence-corrected chi connectivity index (χ2v) is 5.94. The van der Waals surface area contributed by atoms with Crippen LogP contribution in [-0.2, 0) is 4.79 Å². The highest BCUT2D eigenvalue weighted by Crippen LogP contribution is 2.25. The van der Waals surface area contributed by atoms with E-state index < -0.39 is 0 Å². The maximum Gasteiger partial charge on any atom is 0.277 e. The van der Waals surface area contributed by atoms with E-state index in [4.69, 9.17) is 25.8 Å². The van der Waals surface area contributed by atoms with Gasteiger partial charge < -0.3 is 14.2 Å². The molecular formula is C19H21ClN2O4. The second-order valence-electron chi connectivity index (χ2n) is 5.56. The van der Waals surface area contributed by atoms with E-state index in [2.05, 4.69) is 10.5 Å². The molecule has 0 heterocycles. The molecule has 0 spiro atoms. The first-order valence-electron chi connectivity index (χ1n) is 7.88. The largest absolute Gasteiger partial charge is 0.497 e. The van der Waals surface area contributed by atoms with E-state index in [0.29, 0.717) is 27.8 Å². The zero-order valence-electron chi connectivity index (χ0n) is 15.1. The van der Waals surface area contributed by atoms with E-state index in [-0.39, 0.29) is 12.5 Å². The predicted molar refractivity (Wildman–Crippen MR) is 102 cm³/mol. The zero-order valence-corrected chi connectivity index (χ0v) is 15.9. The van der Waals surface area contributed by atoms with Crippen molar-refractivity contribution < 1.29 is 19.0 Å². The van der Waals surface area contributed by atoms with E-state index in [1.807, 2.05) is 13.8 Å². The van der Waals surface area contributed by atoms with Crippen LogP contribution in [0, 0.1) is 13.8 Å². The Balaban J connectivity index is 1.94. The second kappa shape index (κ2) is 9.10. The lowest BCUT2D eigenvalue weighted by atomic mass is 10.1. The summed E-state index contributed by atoms with van der Waals surface area (Å²) in [5.41, 5.74) is 4.88. The van der Waals surface area contributed by atoms with Crippen molar-refractivity contribution in [3.05, 3.63) is 52.0 Å². The van der Waals surface area contributed by atoms with Gasteiger partial charge in [-0.2, -0.15) is 5.10 Å². The molecular weight excluding hydrogens is 356 g/mol. The number of methoxy groups -OCH3 is 2. The molecule has 0 fully saturated rings. The molecule has 6 nitrogen and oxygen atoms in total. The van der Waals surface area contributed by atoms with Crippen molar-refractivity contribution in [3.8, 4) is 17.2 Å². The molecule has 26 heavy (non-hydrogen) atoms. The third-order valence-electron chi connectivity index (χ3n) is 3.61. The molecule has 0 atom stereocenters. The summed E-state index contributed by atoms with van der Waals surface area (Å²) in [5, 5.41) is 4.62. The first kappa shape index (κ1) is 19.6. The molecule has 1 N–H and O–H groups in total. The maximum atomic E-state index is 11.9. The van der Waals surface area contributed by atoms with E-state index >= 15 is 0 Å². The lowest BCUT2D eigenvalue weighted by Gasteiger charge is -2.09. The molecule has 0 aliphatic rings. The minimum absolute atomic E-state index is 0.160. The third kappa shape index (κ3) is 5.13. The van der Waals surface area contributed by atoms with E-state index in [9.17, 15) is 4.79 Å². The number of aryl methyl sites for hydroxylation is 2. The van der Waals surface area contributed by atoms with Gasteiger partial charge in [0.2, 0.25) is 0 Å². The van der Waals surface area contributed by atoms with E-state index in [1.54, 1.807) is 44.6 Å². The van der Waals surface area contributed by atoms with Gasteiger partial charge in [-0.3, -0.25) is 4.79 Å². The van der Waals surface area contributed by atoms with Crippen molar-refractivity contribution in [3.63, 3.8) is 0 Å². The highest BCUT2D eigenvalue weighted by molar-refractivity contribution is 6.32. The Labute approximate surface area is 157 Å². The SMILES string of the molecule is COc1ccc(OC)c(/C=N\NC(=O)COc2cc(C)c(Cl)c(C)c2)c1. The Kier molecular flexibility index (Phi) is 6.86. The van der Waals surface area contributed by atoms with Gasteiger partial charge in [-0.1, -0.05) is 11.6 Å². The first-order chi connectivity index (χ1) is 12.4. The van der Waals surface area contributed by atoms with Gasteiger partial charge in [0.15, 0.2) is 6.61 Å². The molecule has 0 radical (unpaired) electrons. The fraction of sp³-hybridized carbons (Fsp3) is 0.263. The van der Waals surface area contributed by atoms with Gasteiger partial charge in [0.1, 0.15) is 17.2 Å². The van der Waals surface area contributed by atoms with Crippen LogP contribution in [0.2, 0.25) is 5.02 Å². The quantitative estimate of drug-likeness (QED) is 0.593. The van der Waals surface area contributed by atoms with Crippen molar-refractivity contribution in [1.82, 2.24) is 5.43 Å². The summed E-state index contributed by atoms with van der Waals surface area (Å²) < 4.78 is 15.9. The molecule has 0 bridgehead atoms. The number of carbonyl (C=O) groups is 1. The summed E-state index contributed by atoms with van der Waals surface area (Å²) in [4.78, 5) is 11.9. The van der Waals surface area contributed by atoms with Gasteiger partial charge in [-0.25, -0.2) is 5.43 Å². The standard InChI is InChI=1S/C19H21ClN2O4/c1-12-7-16(8-13(2)19(12)20)26-11-18(23)22-21-10-14-9-15(24-3)5-6-17(14)25-4/h5-10H,11H2,1-4H3,(H,22,23)/b21-10-. The van der Waals surface area contributed by atoms with Crippen LogP contribution in [0.1, 0.15) is 16.7 Å². The molecule has 0 aromatic heterocycles. The summed E-state index contributed by atoms with van der Waals surface area (Å²) in [6.07, 6.45) is 1.48. The van der Waals surface area contributed by atoms with Gasteiger partial charge in [-0.05, 0) is 55.3 Å². The van der Waals surface area contributed by atoms with Crippen LogP contribution in [0.3, 0.4) is 0 Å².